The Bertz CT molecular complexity index is 335. The average Bonchev–Trinajstić information content (AvgIpc) is 2.64. The molecule has 2 unspecified atom stereocenters. The molecular weight excluding hydrogens is 170 g/mol. The molecule has 1 aromatic heterocycles. The second-order valence-corrected chi connectivity index (χ2v) is 4.21. The van der Waals surface area contributed by atoms with Crippen LogP contribution < -0.4 is 0 Å². The molecule has 0 saturated heterocycles. The average molecular weight is 180 g/mol. The third-order valence-electron chi connectivity index (χ3n) is 3.20. The van der Waals surface area contributed by atoms with E-state index in [0.29, 0.717) is 0 Å². The van der Waals surface area contributed by atoms with Crippen molar-refractivity contribution in [1.29, 1.82) is 0 Å². The molecule has 0 amide bonds. The predicted octanol–water partition coefficient (Wildman–Crippen LogP) is 3.10. The Balaban J connectivity index is 2.26. The Kier molecular flexibility index (Phi) is 1.28. The fourth-order valence-electron chi connectivity index (χ4n) is 2.69. The van der Waals surface area contributed by atoms with Crippen molar-refractivity contribution in [2.24, 2.45) is 0 Å². The number of pyridine rings is 1. The number of rotatable bonds is 0. The monoisotopic (exact) mass is 179 g/mol. The van der Waals surface area contributed by atoms with Crippen LogP contribution in [0.1, 0.15) is 42.4 Å². The Hall–Kier alpha value is -0.560. The van der Waals surface area contributed by atoms with E-state index in [-0.39, 0.29) is 0 Å². The second-order valence-electron chi connectivity index (χ2n) is 3.80. The van der Waals surface area contributed by atoms with Crippen molar-refractivity contribution in [2.45, 2.75) is 31.1 Å². The molecule has 2 atom stereocenters. The molecule has 12 heavy (non-hydrogen) atoms. The van der Waals surface area contributed by atoms with Crippen LogP contribution in [0.25, 0.3) is 0 Å². The van der Waals surface area contributed by atoms with E-state index >= 15 is 0 Å². The first-order valence-corrected chi connectivity index (χ1v) is 4.88. The quantitative estimate of drug-likeness (QED) is 0.597. The minimum atomic E-state index is 0.726. The maximum Gasteiger partial charge on any atom is 0.0484 e. The zero-order valence-corrected chi connectivity index (χ0v) is 7.51. The van der Waals surface area contributed by atoms with E-state index in [2.05, 4.69) is 4.98 Å². The van der Waals surface area contributed by atoms with Crippen LogP contribution in [0.4, 0.5) is 0 Å². The molecule has 0 aliphatic heterocycles. The lowest BCUT2D eigenvalue weighted by Gasteiger charge is -2.14. The van der Waals surface area contributed by atoms with Crippen molar-refractivity contribution < 1.29 is 0 Å². The van der Waals surface area contributed by atoms with E-state index in [0.717, 1.165) is 16.9 Å². The lowest BCUT2D eigenvalue weighted by atomic mass is 9.96. The largest absolute Gasteiger partial charge is 0.261 e. The fraction of sp³-hybridized carbons (Fsp3) is 0.500. The van der Waals surface area contributed by atoms with E-state index in [1.807, 2.05) is 12.3 Å². The number of aromatic nitrogens is 1. The van der Waals surface area contributed by atoms with Crippen LogP contribution in [0.15, 0.2) is 12.3 Å². The Morgan fingerprint density at radius 3 is 3.00 bits per heavy atom. The SMILES string of the molecule is Clc1ccnc2c1C1CCC2C1. The summed E-state index contributed by atoms with van der Waals surface area (Å²) in [6.45, 7) is 0. The predicted molar refractivity (Wildman–Crippen MR) is 48.6 cm³/mol. The van der Waals surface area contributed by atoms with Gasteiger partial charge >= 0.3 is 0 Å². The normalized spacial score (nSPS) is 30.8. The molecule has 0 N–H and O–H groups in total. The Morgan fingerprint density at radius 2 is 2.17 bits per heavy atom. The van der Waals surface area contributed by atoms with Crippen molar-refractivity contribution in [3.63, 3.8) is 0 Å². The van der Waals surface area contributed by atoms with E-state index < -0.39 is 0 Å². The molecule has 1 heterocycles. The summed E-state index contributed by atoms with van der Waals surface area (Å²) in [4.78, 5) is 4.42. The van der Waals surface area contributed by atoms with Crippen molar-refractivity contribution >= 4 is 11.6 Å². The van der Waals surface area contributed by atoms with Gasteiger partial charge in [0.25, 0.3) is 0 Å². The van der Waals surface area contributed by atoms with Crippen LogP contribution >= 0.6 is 11.6 Å². The molecular formula is C10H10ClN. The van der Waals surface area contributed by atoms with Crippen LogP contribution in [-0.4, -0.2) is 4.98 Å². The van der Waals surface area contributed by atoms with Gasteiger partial charge in [-0.1, -0.05) is 11.6 Å². The summed E-state index contributed by atoms with van der Waals surface area (Å²) in [7, 11) is 0. The molecule has 1 nitrogen and oxygen atoms in total. The highest BCUT2D eigenvalue weighted by molar-refractivity contribution is 6.31. The molecule has 0 spiro atoms. The zero-order chi connectivity index (χ0) is 8.13. The molecule has 1 fully saturated rings. The summed E-state index contributed by atoms with van der Waals surface area (Å²) in [5.74, 6) is 1.45. The molecule has 1 aromatic rings. The summed E-state index contributed by atoms with van der Waals surface area (Å²) in [6, 6.07) is 1.92. The van der Waals surface area contributed by atoms with E-state index in [4.69, 9.17) is 11.6 Å². The number of nitrogens with zero attached hydrogens (tertiary/aromatic N) is 1. The molecule has 2 heteroatoms. The molecule has 62 valence electrons. The van der Waals surface area contributed by atoms with Crippen molar-refractivity contribution in [1.82, 2.24) is 4.98 Å². The minimum absolute atomic E-state index is 0.726. The lowest BCUT2D eigenvalue weighted by molar-refractivity contribution is 0.697. The summed E-state index contributed by atoms with van der Waals surface area (Å²) < 4.78 is 0. The summed E-state index contributed by atoms with van der Waals surface area (Å²) in [5.41, 5.74) is 2.65. The molecule has 2 aliphatic carbocycles. The van der Waals surface area contributed by atoms with Crippen LogP contribution in [0, 0.1) is 0 Å². The van der Waals surface area contributed by atoms with Crippen molar-refractivity contribution in [3.05, 3.63) is 28.5 Å². The van der Waals surface area contributed by atoms with Crippen molar-refractivity contribution in [2.75, 3.05) is 0 Å². The van der Waals surface area contributed by atoms with Gasteiger partial charge in [-0.2, -0.15) is 0 Å². The summed E-state index contributed by atoms with van der Waals surface area (Å²) in [5, 5.41) is 0.937. The van der Waals surface area contributed by atoms with Gasteiger partial charge < -0.3 is 0 Å². The maximum atomic E-state index is 6.12. The topological polar surface area (TPSA) is 12.9 Å². The van der Waals surface area contributed by atoms with Gasteiger partial charge in [0.2, 0.25) is 0 Å². The van der Waals surface area contributed by atoms with Gasteiger partial charge in [0.1, 0.15) is 0 Å². The van der Waals surface area contributed by atoms with Gasteiger partial charge in [-0.3, -0.25) is 4.98 Å². The first-order chi connectivity index (χ1) is 5.86. The first-order valence-electron chi connectivity index (χ1n) is 4.50. The van der Waals surface area contributed by atoms with Gasteiger partial charge in [0.15, 0.2) is 0 Å². The highest BCUT2D eigenvalue weighted by atomic mass is 35.5. The number of fused-ring (bicyclic) bond motifs is 5. The fourth-order valence-corrected chi connectivity index (χ4v) is 2.99. The Morgan fingerprint density at radius 1 is 1.33 bits per heavy atom. The summed E-state index contributed by atoms with van der Waals surface area (Å²) >= 11 is 6.12. The number of hydrogen-bond acceptors (Lipinski definition) is 1. The molecule has 2 aliphatic rings. The van der Waals surface area contributed by atoms with Gasteiger partial charge in [0.05, 0.1) is 0 Å². The van der Waals surface area contributed by atoms with Crippen LogP contribution in [0.5, 0.6) is 0 Å². The molecule has 0 aromatic carbocycles. The van der Waals surface area contributed by atoms with E-state index in [1.54, 1.807) is 0 Å². The second kappa shape index (κ2) is 2.23. The molecule has 0 radical (unpaired) electrons. The summed E-state index contributed by atoms with van der Waals surface area (Å²) in [6.07, 6.45) is 5.78. The standard InChI is InChI=1S/C10H10ClN/c11-8-3-4-12-10-7-2-1-6(5-7)9(8)10/h3-4,6-7H,1-2,5H2. The van der Waals surface area contributed by atoms with Gasteiger partial charge in [-0.05, 0) is 36.8 Å². The molecule has 3 rings (SSSR count). The minimum Gasteiger partial charge on any atom is -0.261 e. The third kappa shape index (κ3) is 0.726. The number of hydrogen-bond donors (Lipinski definition) is 0. The first kappa shape index (κ1) is 6.90. The van der Waals surface area contributed by atoms with Crippen molar-refractivity contribution in [3.8, 4) is 0 Å². The smallest absolute Gasteiger partial charge is 0.0484 e. The lowest BCUT2D eigenvalue weighted by Crippen LogP contribution is -2.00. The zero-order valence-electron chi connectivity index (χ0n) is 6.76. The van der Waals surface area contributed by atoms with Gasteiger partial charge in [-0.25, -0.2) is 0 Å². The van der Waals surface area contributed by atoms with Crippen LogP contribution in [0.2, 0.25) is 5.02 Å². The maximum absolute atomic E-state index is 6.12. The van der Waals surface area contributed by atoms with Gasteiger partial charge in [-0.15, -0.1) is 0 Å². The Labute approximate surface area is 76.8 Å². The third-order valence-corrected chi connectivity index (χ3v) is 3.52. The van der Waals surface area contributed by atoms with Crippen LogP contribution in [0.3, 0.4) is 0 Å². The van der Waals surface area contributed by atoms with Crippen LogP contribution in [-0.2, 0) is 0 Å². The van der Waals surface area contributed by atoms with Gasteiger partial charge in [0, 0.05) is 22.8 Å². The highest BCUT2D eigenvalue weighted by Gasteiger charge is 2.39. The molecule has 2 bridgehead atoms. The van der Waals surface area contributed by atoms with E-state index in [1.165, 1.54) is 30.5 Å². The highest BCUT2D eigenvalue weighted by Crippen LogP contribution is 2.53. The molecule has 1 saturated carbocycles. The number of halogens is 1. The van der Waals surface area contributed by atoms with E-state index in [9.17, 15) is 0 Å².